The zero-order valence-electron chi connectivity index (χ0n) is 7.07. The fourth-order valence-electron chi connectivity index (χ4n) is 1.66. The molecule has 2 aromatic rings. The van der Waals surface area contributed by atoms with Gasteiger partial charge in [0, 0.05) is 6.20 Å². The summed E-state index contributed by atoms with van der Waals surface area (Å²) in [5.41, 5.74) is 2.25. The first-order valence-electron chi connectivity index (χ1n) is 4.30. The molecule has 1 N–H and O–H groups in total. The van der Waals surface area contributed by atoms with Crippen LogP contribution in [0.1, 0.15) is 5.82 Å². The van der Waals surface area contributed by atoms with Crippen LogP contribution in [0, 0.1) is 0 Å². The van der Waals surface area contributed by atoms with Crippen molar-refractivity contribution in [3.8, 4) is 0 Å². The number of aromatic nitrogens is 2. The number of para-hydroxylation sites is 2. The van der Waals surface area contributed by atoms with Gasteiger partial charge in [0.25, 0.3) is 0 Å². The molecule has 0 aliphatic carbocycles. The van der Waals surface area contributed by atoms with E-state index in [-0.39, 0.29) is 0 Å². The van der Waals surface area contributed by atoms with E-state index in [4.69, 9.17) is 0 Å². The number of fused-ring (bicyclic) bond motifs is 3. The van der Waals surface area contributed by atoms with Gasteiger partial charge in [0.2, 0.25) is 0 Å². The van der Waals surface area contributed by atoms with Crippen LogP contribution >= 0.6 is 0 Å². The van der Waals surface area contributed by atoms with Gasteiger partial charge in [0.05, 0.1) is 17.7 Å². The highest BCUT2D eigenvalue weighted by atomic mass is 15.2. The van der Waals surface area contributed by atoms with E-state index in [1.807, 2.05) is 30.5 Å². The first-order chi connectivity index (χ1) is 6.45. The normalized spacial score (nSPS) is 14.2. The van der Waals surface area contributed by atoms with E-state index in [9.17, 15) is 0 Å². The third-order valence-corrected chi connectivity index (χ3v) is 2.28. The van der Waals surface area contributed by atoms with E-state index < -0.39 is 0 Å². The van der Waals surface area contributed by atoms with Gasteiger partial charge in [-0.05, 0) is 18.2 Å². The summed E-state index contributed by atoms with van der Waals surface area (Å²) < 4.78 is 2.16. The zero-order valence-corrected chi connectivity index (χ0v) is 7.07. The highest BCUT2D eigenvalue weighted by Gasteiger charge is 2.08. The van der Waals surface area contributed by atoms with Crippen LogP contribution in [-0.4, -0.2) is 9.55 Å². The Hall–Kier alpha value is -1.77. The molecular formula is C10H9N3. The summed E-state index contributed by atoms with van der Waals surface area (Å²) in [5.74, 6) is 1.03. The minimum Gasteiger partial charge on any atom is -0.373 e. The summed E-state index contributed by atoms with van der Waals surface area (Å²) in [6.45, 7) is 0.812. The van der Waals surface area contributed by atoms with Crippen molar-refractivity contribution < 1.29 is 0 Å². The van der Waals surface area contributed by atoms with Crippen LogP contribution < -0.4 is 5.32 Å². The molecule has 0 saturated heterocycles. The Morgan fingerprint density at radius 2 is 2.23 bits per heavy atom. The molecule has 1 aliphatic rings. The molecule has 13 heavy (non-hydrogen) atoms. The fourth-order valence-corrected chi connectivity index (χ4v) is 1.66. The molecule has 0 amide bonds. The lowest BCUT2D eigenvalue weighted by Crippen LogP contribution is -2.17. The second-order valence-corrected chi connectivity index (χ2v) is 3.08. The summed E-state index contributed by atoms with van der Waals surface area (Å²) in [4.78, 5) is 4.49. The van der Waals surface area contributed by atoms with Gasteiger partial charge in [0.15, 0.2) is 0 Å². The molecule has 0 radical (unpaired) electrons. The molecule has 64 valence electrons. The van der Waals surface area contributed by atoms with Crippen LogP contribution in [0.5, 0.6) is 0 Å². The predicted molar refractivity (Wildman–Crippen MR) is 51.9 cm³/mol. The number of hydrogen-bond acceptors (Lipinski definition) is 2. The summed E-state index contributed by atoms with van der Waals surface area (Å²) >= 11 is 0. The van der Waals surface area contributed by atoms with Crippen molar-refractivity contribution in [3.05, 3.63) is 36.3 Å². The first kappa shape index (κ1) is 6.71. The van der Waals surface area contributed by atoms with Crippen molar-refractivity contribution >= 4 is 17.1 Å². The van der Waals surface area contributed by atoms with Gasteiger partial charge in [-0.15, -0.1) is 0 Å². The van der Waals surface area contributed by atoms with Gasteiger partial charge in [-0.3, -0.25) is 0 Å². The summed E-state index contributed by atoms with van der Waals surface area (Å²) in [6, 6.07) is 8.18. The van der Waals surface area contributed by atoms with E-state index in [1.54, 1.807) is 0 Å². The smallest absolute Gasteiger partial charge is 0.136 e. The van der Waals surface area contributed by atoms with Gasteiger partial charge < -0.3 is 9.88 Å². The van der Waals surface area contributed by atoms with E-state index >= 15 is 0 Å². The van der Waals surface area contributed by atoms with Crippen molar-refractivity contribution in [3.63, 3.8) is 0 Å². The highest BCUT2D eigenvalue weighted by molar-refractivity contribution is 5.78. The highest BCUT2D eigenvalue weighted by Crippen LogP contribution is 2.17. The molecule has 2 heterocycles. The maximum absolute atomic E-state index is 4.49. The van der Waals surface area contributed by atoms with Crippen molar-refractivity contribution in [2.75, 3.05) is 0 Å². The molecule has 3 nitrogen and oxygen atoms in total. The number of benzene rings is 1. The SMILES string of the molecule is C1=Cc2nc3ccccc3n2CN1. The van der Waals surface area contributed by atoms with Gasteiger partial charge in [-0.1, -0.05) is 12.1 Å². The maximum atomic E-state index is 4.49. The molecule has 3 rings (SSSR count). The molecule has 0 saturated carbocycles. The maximum Gasteiger partial charge on any atom is 0.136 e. The van der Waals surface area contributed by atoms with Crippen LogP contribution in [0.3, 0.4) is 0 Å². The Balaban J connectivity index is 2.41. The third-order valence-electron chi connectivity index (χ3n) is 2.28. The predicted octanol–water partition coefficient (Wildman–Crippen LogP) is 1.57. The van der Waals surface area contributed by atoms with E-state index in [0.717, 1.165) is 18.0 Å². The van der Waals surface area contributed by atoms with Crippen molar-refractivity contribution in [1.82, 2.24) is 14.9 Å². The number of rotatable bonds is 0. The largest absolute Gasteiger partial charge is 0.373 e. The monoisotopic (exact) mass is 171 g/mol. The van der Waals surface area contributed by atoms with Gasteiger partial charge >= 0.3 is 0 Å². The Kier molecular flexibility index (Phi) is 1.22. The molecule has 1 aromatic heterocycles. The Morgan fingerprint density at radius 1 is 1.31 bits per heavy atom. The quantitative estimate of drug-likeness (QED) is 0.652. The van der Waals surface area contributed by atoms with Crippen LogP contribution in [0.4, 0.5) is 0 Å². The number of hydrogen-bond donors (Lipinski definition) is 1. The van der Waals surface area contributed by atoms with Crippen LogP contribution in [-0.2, 0) is 6.67 Å². The Bertz CT molecular complexity index is 482. The molecule has 0 bridgehead atoms. The molecule has 1 aliphatic heterocycles. The second kappa shape index (κ2) is 2.36. The van der Waals surface area contributed by atoms with Gasteiger partial charge in [-0.2, -0.15) is 0 Å². The van der Waals surface area contributed by atoms with Crippen molar-refractivity contribution in [1.29, 1.82) is 0 Å². The minimum atomic E-state index is 0.812. The molecule has 3 heteroatoms. The van der Waals surface area contributed by atoms with Crippen molar-refractivity contribution in [2.24, 2.45) is 0 Å². The average molecular weight is 171 g/mol. The van der Waals surface area contributed by atoms with Gasteiger partial charge in [-0.25, -0.2) is 4.98 Å². The van der Waals surface area contributed by atoms with E-state index in [2.05, 4.69) is 20.9 Å². The van der Waals surface area contributed by atoms with E-state index in [1.165, 1.54) is 5.52 Å². The van der Waals surface area contributed by atoms with Crippen molar-refractivity contribution in [2.45, 2.75) is 6.67 Å². The molecule has 0 fully saturated rings. The topological polar surface area (TPSA) is 29.9 Å². The number of imidazole rings is 1. The lowest BCUT2D eigenvalue weighted by molar-refractivity contribution is 0.641. The molecule has 0 unspecified atom stereocenters. The van der Waals surface area contributed by atoms with Gasteiger partial charge in [0.1, 0.15) is 5.82 Å². The van der Waals surface area contributed by atoms with Crippen LogP contribution in [0.25, 0.3) is 17.1 Å². The third kappa shape index (κ3) is 0.869. The molecule has 0 atom stereocenters. The standard InChI is InChI=1S/C10H9N3/c1-2-4-9-8(3-1)12-10-5-6-11-7-13(9)10/h1-6,11H,7H2. The lowest BCUT2D eigenvalue weighted by atomic mass is 10.3. The fraction of sp³-hybridized carbons (Fsp3) is 0.100. The first-order valence-corrected chi connectivity index (χ1v) is 4.30. The second-order valence-electron chi connectivity index (χ2n) is 3.08. The molecular weight excluding hydrogens is 162 g/mol. The number of nitrogens with zero attached hydrogens (tertiary/aromatic N) is 2. The Morgan fingerprint density at radius 3 is 3.23 bits per heavy atom. The molecule has 0 spiro atoms. The van der Waals surface area contributed by atoms with Crippen LogP contribution in [0.2, 0.25) is 0 Å². The average Bonchev–Trinajstić information content (AvgIpc) is 2.56. The summed E-state index contributed by atoms with van der Waals surface area (Å²) in [7, 11) is 0. The summed E-state index contributed by atoms with van der Waals surface area (Å²) in [6.07, 6.45) is 3.92. The molecule has 1 aromatic carbocycles. The zero-order chi connectivity index (χ0) is 8.67. The van der Waals surface area contributed by atoms with Crippen LogP contribution in [0.15, 0.2) is 30.5 Å². The lowest BCUT2D eigenvalue weighted by Gasteiger charge is -2.10. The van der Waals surface area contributed by atoms with E-state index in [0.29, 0.717) is 0 Å². The summed E-state index contributed by atoms with van der Waals surface area (Å²) in [5, 5.41) is 3.16. The number of nitrogens with one attached hydrogen (secondary N) is 1. The Labute approximate surface area is 75.7 Å². The minimum absolute atomic E-state index is 0.812.